The number of aliphatic hydroxyl groups excluding tert-OH is 1. The van der Waals surface area contributed by atoms with Crippen LogP contribution in [0, 0.1) is 10.6 Å². The zero-order chi connectivity index (χ0) is 18.6. The summed E-state index contributed by atoms with van der Waals surface area (Å²) in [6, 6.07) is 7.00. The van der Waals surface area contributed by atoms with Crippen LogP contribution in [0.25, 0.3) is 0 Å². The number of piperidine rings is 1. The first-order valence-electron chi connectivity index (χ1n) is 8.03. The van der Waals surface area contributed by atoms with Gasteiger partial charge in [0.1, 0.15) is 11.1 Å². The van der Waals surface area contributed by atoms with E-state index in [4.69, 9.17) is 5.73 Å². The van der Waals surface area contributed by atoms with Gasteiger partial charge < -0.3 is 16.0 Å². The Hall–Kier alpha value is -2.67. The monoisotopic (exact) mass is 343 g/mol. The first-order chi connectivity index (χ1) is 11.7. The Morgan fingerprint density at radius 3 is 2.80 bits per heavy atom. The number of amidine groups is 1. The van der Waals surface area contributed by atoms with Crippen LogP contribution in [0.5, 0.6) is 0 Å². The van der Waals surface area contributed by atoms with Crippen LogP contribution in [0.15, 0.2) is 36.9 Å². The second-order valence-corrected chi connectivity index (χ2v) is 7.08. The van der Waals surface area contributed by atoms with Gasteiger partial charge in [-0.3, -0.25) is 4.79 Å². The molecule has 1 saturated heterocycles. The van der Waals surface area contributed by atoms with Crippen LogP contribution in [0.4, 0.5) is 5.69 Å². The van der Waals surface area contributed by atoms with Crippen molar-refractivity contribution in [2.45, 2.75) is 31.8 Å². The molecule has 2 atom stereocenters. The van der Waals surface area contributed by atoms with Crippen LogP contribution < -0.4 is 5.73 Å². The molecule has 0 aliphatic carbocycles. The van der Waals surface area contributed by atoms with Crippen LogP contribution in [0.1, 0.15) is 25.8 Å². The quantitative estimate of drug-likeness (QED) is 0.478. The molecule has 7 heteroatoms. The third-order valence-electron chi connectivity index (χ3n) is 5.39. The molecule has 0 unspecified atom stereocenters. The van der Waals surface area contributed by atoms with Crippen LogP contribution in [-0.2, 0) is 15.0 Å². The highest BCUT2D eigenvalue weighted by atomic mass is 16.5. The van der Waals surface area contributed by atoms with Gasteiger partial charge in [-0.1, -0.05) is 38.1 Å². The van der Waals surface area contributed by atoms with Gasteiger partial charge in [0.05, 0.1) is 0 Å². The number of carbonyl (C=O) groups excluding carboxylic acids is 2. The van der Waals surface area contributed by atoms with Gasteiger partial charge in [-0.25, -0.2) is 9.53 Å². The minimum absolute atomic E-state index is 0.0329. The number of aliphatic hydroxyl groups is 1. The summed E-state index contributed by atoms with van der Waals surface area (Å²) in [6.07, 6.45) is 0.390. The van der Waals surface area contributed by atoms with E-state index >= 15 is 0 Å². The van der Waals surface area contributed by atoms with E-state index in [9.17, 15) is 19.9 Å². The molecule has 1 aromatic rings. The van der Waals surface area contributed by atoms with Gasteiger partial charge in [-0.15, -0.1) is 6.58 Å². The van der Waals surface area contributed by atoms with Crippen molar-refractivity contribution >= 4 is 23.3 Å². The van der Waals surface area contributed by atoms with Gasteiger partial charge >= 0.3 is 5.91 Å². The molecule has 3 N–H and O–H groups in total. The van der Waals surface area contributed by atoms with Crippen LogP contribution in [0.2, 0.25) is 0 Å². The summed E-state index contributed by atoms with van der Waals surface area (Å²) in [7, 11) is 0. The van der Waals surface area contributed by atoms with E-state index in [1.807, 2.05) is 19.9 Å². The number of likely N-dealkylation sites (tertiary alicyclic amines) is 1. The van der Waals surface area contributed by atoms with E-state index in [2.05, 4.69) is 6.58 Å². The lowest BCUT2D eigenvalue weighted by Crippen LogP contribution is -2.65. The number of nitrogens with zero attached hydrogens (tertiary/aromatic N) is 2. The lowest BCUT2D eigenvalue weighted by molar-refractivity contribution is -0.366. The number of benzene rings is 1. The van der Waals surface area contributed by atoms with Crippen molar-refractivity contribution in [2.75, 3.05) is 6.54 Å². The normalized spacial score (nSPS) is 25.6. The SMILES string of the molecule is C=CC(C)(C)[C@@]12C[C@@H](O)C(=O)N(CC(N)=O)C1=[N+]([O-])c1ccccc12. The highest BCUT2D eigenvalue weighted by Gasteiger charge is 2.65. The summed E-state index contributed by atoms with van der Waals surface area (Å²) < 4.78 is 0.674. The summed E-state index contributed by atoms with van der Waals surface area (Å²) in [4.78, 5) is 25.0. The van der Waals surface area contributed by atoms with Gasteiger partial charge in [-0.2, -0.15) is 4.90 Å². The molecule has 132 valence electrons. The van der Waals surface area contributed by atoms with Crippen molar-refractivity contribution < 1.29 is 19.4 Å². The number of amides is 2. The molecule has 2 heterocycles. The number of rotatable bonds is 4. The number of primary amides is 1. The van der Waals surface area contributed by atoms with Gasteiger partial charge in [-0.05, 0) is 6.07 Å². The molecule has 0 saturated carbocycles. The summed E-state index contributed by atoms with van der Waals surface area (Å²) in [5.74, 6) is -1.34. The maximum atomic E-state index is 13.1. The average Bonchev–Trinajstić information content (AvgIpc) is 2.82. The highest BCUT2D eigenvalue weighted by molar-refractivity contribution is 6.10. The lowest BCUT2D eigenvalue weighted by Gasteiger charge is -2.46. The van der Waals surface area contributed by atoms with Gasteiger partial charge in [0.25, 0.3) is 11.7 Å². The molecule has 2 aliphatic rings. The van der Waals surface area contributed by atoms with Crippen LogP contribution >= 0.6 is 0 Å². The molecular weight excluding hydrogens is 322 g/mol. The topological polar surface area (TPSA) is 110 Å². The van der Waals surface area contributed by atoms with E-state index in [1.54, 1.807) is 24.3 Å². The lowest BCUT2D eigenvalue weighted by atomic mass is 9.57. The molecule has 1 aromatic carbocycles. The number of hydrogen-bond donors (Lipinski definition) is 2. The Balaban J connectivity index is 2.36. The largest absolute Gasteiger partial charge is 0.710 e. The molecular formula is C18H21N3O4. The number of hydrogen-bond acceptors (Lipinski definition) is 4. The summed E-state index contributed by atoms with van der Waals surface area (Å²) in [6.45, 7) is 7.19. The van der Waals surface area contributed by atoms with E-state index < -0.39 is 35.3 Å². The maximum absolute atomic E-state index is 13.1. The number of para-hydroxylation sites is 1. The molecule has 0 spiro atoms. The molecule has 0 bridgehead atoms. The Morgan fingerprint density at radius 2 is 2.20 bits per heavy atom. The van der Waals surface area contributed by atoms with E-state index in [0.717, 1.165) is 4.90 Å². The zero-order valence-corrected chi connectivity index (χ0v) is 14.2. The molecule has 25 heavy (non-hydrogen) atoms. The van der Waals surface area contributed by atoms with Crippen molar-refractivity contribution in [3.63, 3.8) is 0 Å². The Labute approximate surface area is 145 Å². The predicted molar refractivity (Wildman–Crippen MR) is 91.9 cm³/mol. The fraction of sp³-hybridized carbons (Fsp3) is 0.389. The third kappa shape index (κ3) is 2.12. The molecule has 7 nitrogen and oxygen atoms in total. The third-order valence-corrected chi connectivity index (χ3v) is 5.39. The molecule has 2 amide bonds. The molecule has 0 aromatic heterocycles. The van der Waals surface area contributed by atoms with Gasteiger partial charge in [0.15, 0.2) is 12.6 Å². The summed E-state index contributed by atoms with van der Waals surface area (Å²) in [5.41, 5.74) is 4.71. The van der Waals surface area contributed by atoms with Gasteiger partial charge in [0, 0.05) is 17.4 Å². The number of fused-ring (bicyclic) bond motifs is 3. The first kappa shape index (κ1) is 17.2. The smallest absolute Gasteiger partial charge is 0.338 e. The predicted octanol–water partition coefficient (Wildman–Crippen LogP) is 0.769. The van der Waals surface area contributed by atoms with Crippen molar-refractivity contribution in [3.8, 4) is 0 Å². The Bertz CT molecular complexity index is 814. The number of carbonyl (C=O) groups is 2. The number of nitrogens with two attached hydrogens (primary N) is 1. The number of allylic oxidation sites excluding steroid dienone is 1. The second kappa shape index (κ2) is 5.42. The Kier molecular flexibility index (Phi) is 3.72. The second-order valence-electron chi connectivity index (χ2n) is 7.08. The first-order valence-corrected chi connectivity index (χ1v) is 8.03. The van der Waals surface area contributed by atoms with Crippen LogP contribution in [-0.4, -0.2) is 45.0 Å². The zero-order valence-electron chi connectivity index (χ0n) is 14.2. The Morgan fingerprint density at radius 1 is 1.56 bits per heavy atom. The maximum Gasteiger partial charge on any atom is 0.338 e. The van der Waals surface area contributed by atoms with E-state index in [0.29, 0.717) is 16.0 Å². The molecule has 0 radical (unpaired) electrons. The van der Waals surface area contributed by atoms with E-state index in [-0.39, 0.29) is 12.3 Å². The fourth-order valence-electron chi connectivity index (χ4n) is 4.00. The van der Waals surface area contributed by atoms with Crippen LogP contribution in [0.3, 0.4) is 0 Å². The summed E-state index contributed by atoms with van der Waals surface area (Å²) in [5, 5.41) is 23.5. The van der Waals surface area contributed by atoms with Gasteiger partial charge in [0.2, 0.25) is 0 Å². The van der Waals surface area contributed by atoms with Crippen molar-refractivity contribution in [2.24, 2.45) is 11.1 Å². The minimum atomic E-state index is -1.35. The molecule has 1 fully saturated rings. The minimum Gasteiger partial charge on any atom is -0.710 e. The molecule has 3 rings (SSSR count). The average molecular weight is 343 g/mol. The van der Waals surface area contributed by atoms with E-state index in [1.165, 1.54) is 0 Å². The standard InChI is InChI=1S/C18H21N3O4/c1-4-17(2,3)18-9-13(22)15(24)20(10-14(19)23)16(18)21(25)12-8-6-5-7-11(12)18/h4-8,13,22H,1,9-10H2,2-3H3,(H2,19,23)/t13-,18-/m1/s1. The van der Waals surface area contributed by atoms with Crippen molar-refractivity contribution in [3.05, 3.63) is 47.7 Å². The van der Waals surface area contributed by atoms with Crippen molar-refractivity contribution in [1.29, 1.82) is 0 Å². The molecule has 2 aliphatic heterocycles. The fourth-order valence-corrected chi connectivity index (χ4v) is 4.00. The highest BCUT2D eigenvalue weighted by Crippen LogP contribution is 2.55. The summed E-state index contributed by atoms with van der Waals surface area (Å²) >= 11 is 0. The van der Waals surface area contributed by atoms with Crippen molar-refractivity contribution in [1.82, 2.24) is 4.90 Å².